The molecule has 1 N–H and O–H groups in total. The van der Waals surface area contributed by atoms with Gasteiger partial charge in [0, 0.05) is 6.54 Å². The minimum absolute atomic E-state index is 0.750. The average molecular weight is 155 g/mol. The molecule has 1 heterocycles. The van der Waals surface area contributed by atoms with Crippen LogP contribution in [-0.4, -0.2) is 26.3 Å². The van der Waals surface area contributed by atoms with Crippen LogP contribution in [0, 0.1) is 5.92 Å². The zero-order valence-corrected chi connectivity index (χ0v) is 7.01. The normalized spacial score (nSPS) is 23.8. The van der Waals surface area contributed by atoms with Crippen molar-refractivity contribution in [2.45, 2.75) is 12.8 Å². The highest BCUT2D eigenvalue weighted by Gasteiger charge is 2.13. The Morgan fingerprint density at radius 1 is 1.64 bits per heavy atom. The lowest BCUT2D eigenvalue weighted by atomic mass is 10.1. The maximum Gasteiger partial charge on any atom is 0.0507 e. The summed E-state index contributed by atoms with van der Waals surface area (Å²) in [6.07, 6.45) is 4.14. The monoisotopic (exact) mass is 155 g/mol. The molecule has 0 aliphatic carbocycles. The van der Waals surface area contributed by atoms with Crippen molar-refractivity contribution in [2.75, 3.05) is 26.3 Å². The lowest BCUT2D eigenvalue weighted by Crippen LogP contribution is -2.14. The Bertz CT molecular complexity index is 108. The van der Waals surface area contributed by atoms with Gasteiger partial charge >= 0.3 is 0 Å². The first-order chi connectivity index (χ1) is 5.43. The van der Waals surface area contributed by atoms with Gasteiger partial charge in [-0.3, -0.25) is 0 Å². The maximum absolute atomic E-state index is 5.45. The maximum atomic E-state index is 5.45. The Morgan fingerprint density at radius 2 is 2.55 bits per heavy atom. The van der Waals surface area contributed by atoms with Crippen LogP contribution in [0.15, 0.2) is 12.7 Å². The smallest absolute Gasteiger partial charge is 0.0507 e. The van der Waals surface area contributed by atoms with Gasteiger partial charge in [0.15, 0.2) is 0 Å². The van der Waals surface area contributed by atoms with Crippen LogP contribution >= 0.6 is 0 Å². The predicted octanol–water partition coefficient (Wildman–Crippen LogP) is 1.19. The van der Waals surface area contributed by atoms with E-state index in [1.165, 1.54) is 6.42 Å². The van der Waals surface area contributed by atoms with Gasteiger partial charge in [0.1, 0.15) is 0 Å². The second-order valence-corrected chi connectivity index (χ2v) is 3.01. The molecule has 0 aromatic heterocycles. The molecule has 11 heavy (non-hydrogen) atoms. The largest absolute Gasteiger partial charge is 0.381 e. The van der Waals surface area contributed by atoms with E-state index in [0.717, 1.165) is 38.6 Å². The quantitative estimate of drug-likeness (QED) is 0.475. The van der Waals surface area contributed by atoms with Crippen molar-refractivity contribution in [2.24, 2.45) is 5.92 Å². The molecule has 64 valence electrons. The van der Waals surface area contributed by atoms with Crippen LogP contribution in [0.25, 0.3) is 0 Å². The number of hydrogen-bond acceptors (Lipinski definition) is 2. The lowest BCUT2D eigenvalue weighted by Gasteiger charge is -2.07. The highest BCUT2D eigenvalue weighted by Crippen LogP contribution is 2.07. The first-order valence-electron chi connectivity index (χ1n) is 4.33. The third-order valence-corrected chi connectivity index (χ3v) is 1.98. The van der Waals surface area contributed by atoms with Gasteiger partial charge in [-0.15, -0.1) is 6.58 Å². The molecule has 1 saturated heterocycles. The first-order valence-corrected chi connectivity index (χ1v) is 4.33. The molecule has 1 atom stereocenters. The van der Waals surface area contributed by atoms with Crippen LogP contribution in [0.3, 0.4) is 0 Å². The van der Waals surface area contributed by atoms with Gasteiger partial charge in [0.05, 0.1) is 13.2 Å². The Labute approximate surface area is 68.6 Å². The fourth-order valence-electron chi connectivity index (χ4n) is 1.27. The van der Waals surface area contributed by atoms with Gasteiger partial charge in [-0.25, -0.2) is 0 Å². The number of nitrogens with one attached hydrogen (secondary N) is 1. The summed E-state index contributed by atoms with van der Waals surface area (Å²) in [5.74, 6) is 0.750. The second-order valence-electron chi connectivity index (χ2n) is 3.01. The third kappa shape index (κ3) is 3.54. The van der Waals surface area contributed by atoms with Gasteiger partial charge in [-0.1, -0.05) is 6.08 Å². The van der Waals surface area contributed by atoms with E-state index < -0.39 is 0 Å². The molecule has 1 aliphatic rings. The van der Waals surface area contributed by atoms with E-state index in [-0.39, 0.29) is 0 Å². The van der Waals surface area contributed by atoms with Crippen LogP contribution in [0.1, 0.15) is 12.8 Å². The molecule has 2 heteroatoms. The van der Waals surface area contributed by atoms with E-state index in [2.05, 4.69) is 11.9 Å². The molecule has 2 nitrogen and oxygen atoms in total. The standard InChI is InChI=1S/C9H17NO/c1-2-3-6-11-8-9-4-5-10-7-9/h2,9-10H,1,3-8H2. The average Bonchev–Trinajstić information content (AvgIpc) is 2.50. The van der Waals surface area contributed by atoms with Gasteiger partial charge in [0.25, 0.3) is 0 Å². The zero-order valence-electron chi connectivity index (χ0n) is 7.01. The van der Waals surface area contributed by atoms with Crippen LogP contribution in [0.4, 0.5) is 0 Å². The molecule has 0 aromatic rings. The number of ether oxygens (including phenoxy) is 1. The van der Waals surface area contributed by atoms with Crippen molar-refractivity contribution in [1.29, 1.82) is 0 Å². The summed E-state index contributed by atoms with van der Waals surface area (Å²) in [6.45, 7) is 7.68. The Hall–Kier alpha value is -0.340. The fourth-order valence-corrected chi connectivity index (χ4v) is 1.27. The summed E-state index contributed by atoms with van der Waals surface area (Å²) in [5, 5.41) is 3.31. The van der Waals surface area contributed by atoms with E-state index in [1.54, 1.807) is 0 Å². The van der Waals surface area contributed by atoms with Gasteiger partial charge < -0.3 is 10.1 Å². The molecular formula is C9H17NO. The summed E-state index contributed by atoms with van der Waals surface area (Å²) < 4.78 is 5.45. The van der Waals surface area contributed by atoms with Crippen molar-refractivity contribution in [3.05, 3.63) is 12.7 Å². The van der Waals surface area contributed by atoms with Crippen LogP contribution in [-0.2, 0) is 4.74 Å². The molecule has 0 radical (unpaired) electrons. The van der Waals surface area contributed by atoms with Crippen LogP contribution in [0.2, 0.25) is 0 Å². The Balaban J connectivity index is 1.89. The third-order valence-electron chi connectivity index (χ3n) is 1.98. The SMILES string of the molecule is C=CCCOCC1CCNC1. The minimum atomic E-state index is 0.750. The minimum Gasteiger partial charge on any atom is -0.381 e. The molecular weight excluding hydrogens is 138 g/mol. The molecule has 1 fully saturated rings. The zero-order chi connectivity index (χ0) is 7.94. The lowest BCUT2D eigenvalue weighted by molar-refractivity contribution is 0.109. The van der Waals surface area contributed by atoms with E-state index in [1.807, 2.05) is 6.08 Å². The molecule has 0 spiro atoms. The molecule has 1 unspecified atom stereocenters. The molecule has 1 rings (SSSR count). The van der Waals surface area contributed by atoms with Crippen LogP contribution < -0.4 is 5.32 Å². The molecule has 0 saturated carbocycles. The van der Waals surface area contributed by atoms with E-state index in [4.69, 9.17) is 4.74 Å². The molecule has 0 amide bonds. The second kappa shape index (κ2) is 5.33. The van der Waals surface area contributed by atoms with Gasteiger partial charge in [0.2, 0.25) is 0 Å². The summed E-state index contributed by atoms with van der Waals surface area (Å²) in [5.41, 5.74) is 0. The summed E-state index contributed by atoms with van der Waals surface area (Å²) >= 11 is 0. The van der Waals surface area contributed by atoms with Gasteiger partial charge in [-0.2, -0.15) is 0 Å². The topological polar surface area (TPSA) is 21.3 Å². The fraction of sp³-hybridized carbons (Fsp3) is 0.778. The number of hydrogen-bond donors (Lipinski definition) is 1. The highest BCUT2D eigenvalue weighted by molar-refractivity contribution is 4.70. The van der Waals surface area contributed by atoms with E-state index in [9.17, 15) is 0 Å². The van der Waals surface area contributed by atoms with Crippen molar-refractivity contribution >= 4 is 0 Å². The molecule has 0 aromatic carbocycles. The number of rotatable bonds is 5. The van der Waals surface area contributed by atoms with Crippen molar-refractivity contribution in [1.82, 2.24) is 5.32 Å². The van der Waals surface area contributed by atoms with Crippen molar-refractivity contribution in [3.8, 4) is 0 Å². The predicted molar refractivity (Wildman–Crippen MR) is 46.6 cm³/mol. The van der Waals surface area contributed by atoms with E-state index >= 15 is 0 Å². The molecule has 0 bridgehead atoms. The molecule has 1 aliphatic heterocycles. The summed E-state index contributed by atoms with van der Waals surface area (Å²) in [4.78, 5) is 0. The Morgan fingerprint density at radius 3 is 3.18 bits per heavy atom. The van der Waals surface area contributed by atoms with Crippen molar-refractivity contribution in [3.63, 3.8) is 0 Å². The first kappa shape index (κ1) is 8.75. The summed E-state index contributed by atoms with van der Waals surface area (Å²) in [7, 11) is 0. The Kier molecular flexibility index (Phi) is 4.24. The van der Waals surface area contributed by atoms with Crippen LogP contribution in [0.5, 0.6) is 0 Å². The van der Waals surface area contributed by atoms with Crippen molar-refractivity contribution < 1.29 is 4.74 Å². The van der Waals surface area contributed by atoms with E-state index in [0.29, 0.717) is 0 Å². The highest BCUT2D eigenvalue weighted by atomic mass is 16.5. The summed E-state index contributed by atoms with van der Waals surface area (Å²) in [6, 6.07) is 0. The van der Waals surface area contributed by atoms with Gasteiger partial charge in [-0.05, 0) is 25.3 Å².